The predicted molar refractivity (Wildman–Crippen MR) is 107 cm³/mol. The third kappa shape index (κ3) is 2.56. The number of hydrogen-bond donors (Lipinski definition) is 4. The van der Waals surface area contributed by atoms with E-state index >= 15 is 0 Å². The number of amides is 1. The maximum absolute atomic E-state index is 13.5. The number of aliphatic hydroxyl groups excluding tert-OH is 1. The minimum absolute atomic E-state index is 0.0573. The summed E-state index contributed by atoms with van der Waals surface area (Å²) in [6, 6.07) is 2.77. The van der Waals surface area contributed by atoms with Gasteiger partial charge in [0.1, 0.15) is 17.4 Å². The number of nitrogens with zero attached hydrogens (tertiary/aromatic N) is 1. The molecule has 1 aromatic rings. The summed E-state index contributed by atoms with van der Waals surface area (Å²) in [5.41, 5.74) is 4.70. The SMILES string of the molecule is Cc1ccc(O)c2c1CC1CC3[C@H](N(C)C)CC(C(N)=O)C(=O)[C@@]3(O)C(=O)C1=C2O. The molecule has 0 spiro atoms. The van der Waals surface area contributed by atoms with Crippen LogP contribution in [0.15, 0.2) is 17.7 Å². The van der Waals surface area contributed by atoms with Gasteiger partial charge < -0.3 is 26.0 Å². The third-order valence-corrected chi connectivity index (χ3v) is 7.18. The molecule has 8 nitrogen and oxygen atoms in total. The predicted octanol–water partition coefficient (Wildman–Crippen LogP) is 0.467. The van der Waals surface area contributed by atoms with Crippen LogP contribution in [-0.4, -0.2) is 63.4 Å². The molecule has 3 aliphatic carbocycles. The minimum Gasteiger partial charge on any atom is -0.507 e. The van der Waals surface area contributed by atoms with Crippen LogP contribution in [0.5, 0.6) is 5.75 Å². The number of aliphatic hydroxyl groups is 2. The Morgan fingerprint density at radius 1 is 1.20 bits per heavy atom. The average molecular weight is 414 g/mol. The number of phenols is 1. The van der Waals surface area contributed by atoms with Gasteiger partial charge in [-0.25, -0.2) is 0 Å². The molecule has 0 aliphatic heterocycles. The van der Waals surface area contributed by atoms with E-state index in [4.69, 9.17) is 5.73 Å². The summed E-state index contributed by atoms with van der Waals surface area (Å²) in [6.07, 6.45) is 0.826. The van der Waals surface area contributed by atoms with Gasteiger partial charge in [-0.1, -0.05) is 6.07 Å². The Balaban J connectivity index is 1.91. The lowest BCUT2D eigenvalue weighted by Gasteiger charge is -2.52. The molecule has 5 atom stereocenters. The van der Waals surface area contributed by atoms with Gasteiger partial charge in [-0.2, -0.15) is 0 Å². The number of aryl methyl sites for hydroxylation is 1. The number of aromatic hydroxyl groups is 1. The van der Waals surface area contributed by atoms with Crippen molar-refractivity contribution >= 4 is 23.2 Å². The second-order valence-corrected chi connectivity index (χ2v) is 8.94. The van der Waals surface area contributed by atoms with E-state index in [9.17, 15) is 29.7 Å². The van der Waals surface area contributed by atoms with E-state index in [1.807, 2.05) is 6.92 Å². The zero-order chi connectivity index (χ0) is 22.1. The summed E-state index contributed by atoms with van der Waals surface area (Å²) < 4.78 is 0. The van der Waals surface area contributed by atoms with Crippen LogP contribution < -0.4 is 5.73 Å². The second-order valence-electron chi connectivity index (χ2n) is 8.94. The van der Waals surface area contributed by atoms with Gasteiger partial charge in [-0.05, 0) is 63.4 Å². The molecule has 0 bridgehead atoms. The zero-order valence-corrected chi connectivity index (χ0v) is 17.2. The molecular weight excluding hydrogens is 388 g/mol. The van der Waals surface area contributed by atoms with Crippen molar-refractivity contribution in [1.82, 2.24) is 4.90 Å². The van der Waals surface area contributed by atoms with Gasteiger partial charge in [0.15, 0.2) is 11.4 Å². The first kappa shape index (κ1) is 20.6. The second kappa shape index (κ2) is 6.65. The highest BCUT2D eigenvalue weighted by atomic mass is 16.3. The Morgan fingerprint density at radius 3 is 2.47 bits per heavy atom. The number of phenolic OH excluding ortho intramolecular Hbond substituents is 1. The Bertz CT molecular complexity index is 1010. The highest BCUT2D eigenvalue weighted by molar-refractivity contribution is 6.24. The van der Waals surface area contributed by atoms with Crippen molar-refractivity contribution in [3.8, 4) is 5.75 Å². The Kier molecular flexibility index (Phi) is 4.56. The van der Waals surface area contributed by atoms with Crippen molar-refractivity contribution in [2.75, 3.05) is 14.1 Å². The number of ketones is 2. The topological polar surface area (TPSA) is 141 Å². The smallest absolute Gasteiger partial charge is 0.228 e. The third-order valence-electron chi connectivity index (χ3n) is 7.18. The maximum atomic E-state index is 13.5. The van der Waals surface area contributed by atoms with Gasteiger partial charge >= 0.3 is 0 Å². The van der Waals surface area contributed by atoms with Gasteiger partial charge in [-0.3, -0.25) is 14.4 Å². The molecule has 0 aromatic heterocycles. The van der Waals surface area contributed by atoms with E-state index in [0.29, 0.717) is 6.42 Å². The average Bonchev–Trinajstić information content (AvgIpc) is 2.66. The van der Waals surface area contributed by atoms with Crippen molar-refractivity contribution in [2.45, 2.75) is 37.8 Å². The number of carbonyl (C=O) groups is 3. The molecule has 0 saturated heterocycles. The molecular formula is C22H26N2O6. The highest BCUT2D eigenvalue weighted by Gasteiger charge is 2.64. The van der Waals surface area contributed by atoms with Crippen molar-refractivity contribution in [3.63, 3.8) is 0 Å². The molecule has 2 fully saturated rings. The van der Waals surface area contributed by atoms with Gasteiger partial charge in [0.2, 0.25) is 11.7 Å². The number of rotatable bonds is 2. The van der Waals surface area contributed by atoms with Crippen molar-refractivity contribution in [1.29, 1.82) is 0 Å². The first-order chi connectivity index (χ1) is 14.0. The fraction of sp³-hybridized carbons (Fsp3) is 0.500. The van der Waals surface area contributed by atoms with Crippen LogP contribution in [0.3, 0.4) is 0 Å². The van der Waals surface area contributed by atoms with Crippen LogP contribution in [0.4, 0.5) is 0 Å². The molecule has 0 heterocycles. The number of primary amides is 1. The highest BCUT2D eigenvalue weighted by Crippen LogP contribution is 2.52. The van der Waals surface area contributed by atoms with Crippen LogP contribution in [0, 0.1) is 24.7 Å². The van der Waals surface area contributed by atoms with E-state index in [1.165, 1.54) is 6.07 Å². The first-order valence-electron chi connectivity index (χ1n) is 10.0. The number of carbonyl (C=O) groups excluding carboxylic acids is 3. The molecule has 8 heteroatoms. The fourth-order valence-electron chi connectivity index (χ4n) is 5.61. The van der Waals surface area contributed by atoms with Crippen LogP contribution in [0.2, 0.25) is 0 Å². The summed E-state index contributed by atoms with van der Waals surface area (Å²) >= 11 is 0. The molecule has 3 aliphatic rings. The van der Waals surface area contributed by atoms with Gasteiger partial charge in [0.05, 0.1) is 5.56 Å². The number of fused-ring (bicyclic) bond motifs is 3. The van der Waals surface area contributed by atoms with E-state index in [0.717, 1.165) is 11.1 Å². The zero-order valence-electron chi connectivity index (χ0n) is 17.2. The Hall–Kier alpha value is -2.71. The quantitative estimate of drug-likeness (QED) is 0.515. The molecule has 1 aromatic carbocycles. The molecule has 160 valence electrons. The lowest BCUT2D eigenvalue weighted by atomic mass is 9.55. The summed E-state index contributed by atoms with van der Waals surface area (Å²) in [5.74, 6) is -5.67. The number of nitrogens with two attached hydrogens (primary N) is 1. The largest absolute Gasteiger partial charge is 0.507 e. The summed E-state index contributed by atoms with van der Waals surface area (Å²) in [7, 11) is 3.54. The van der Waals surface area contributed by atoms with Gasteiger partial charge in [0, 0.05) is 17.5 Å². The van der Waals surface area contributed by atoms with Gasteiger partial charge in [0.25, 0.3) is 0 Å². The molecule has 0 radical (unpaired) electrons. The molecule has 4 rings (SSSR count). The maximum Gasteiger partial charge on any atom is 0.228 e. The van der Waals surface area contributed by atoms with Crippen molar-refractivity contribution < 1.29 is 29.7 Å². The molecule has 5 N–H and O–H groups in total. The Labute approximate surface area is 174 Å². The van der Waals surface area contributed by atoms with Gasteiger partial charge in [-0.15, -0.1) is 0 Å². The summed E-state index contributed by atoms with van der Waals surface area (Å²) in [4.78, 5) is 40.4. The first-order valence-corrected chi connectivity index (χ1v) is 10.0. The monoisotopic (exact) mass is 414 g/mol. The van der Waals surface area contributed by atoms with E-state index in [2.05, 4.69) is 0 Å². The van der Waals surface area contributed by atoms with E-state index in [-0.39, 0.29) is 29.7 Å². The summed E-state index contributed by atoms with van der Waals surface area (Å²) in [5, 5.41) is 32.7. The van der Waals surface area contributed by atoms with Crippen LogP contribution >= 0.6 is 0 Å². The van der Waals surface area contributed by atoms with Crippen LogP contribution in [0.1, 0.15) is 29.5 Å². The van der Waals surface area contributed by atoms with E-state index in [1.54, 1.807) is 25.1 Å². The van der Waals surface area contributed by atoms with Crippen LogP contribution in [0.25, 0.3) is 5.76 Å². The normalized spacial score (nSPS) is 33.2. The number of benzene rings is 1. The lowest BCUT2D eigenvalue weighted by molar-refractivity contribution is -0.173. The van der Waals surface area contributed by atoms with Crippen molar-refractivity contribution in [2.24, 2.45) is 23.5 Å². The lowest BCUT2D eigenvalue weighted by Crippen LogP contribution is -2.69. The summed E-state index contributed by atoms with van der Waals surface area (Å²) in [6.45, 7) is 1.86. The number of Topliss-reactive ketones (excluding diaryl/α,β-unsaturated/α-hetero) is 2. The molecule has 30 heavy (non-hydrogen) atoms. The van der Waals surface area contributed by atoms with Crippen molar-refractivity contribution in [3.05, 3.63) is 34.4 Å². The Morgan fingerprint density at radius 2 is 1.87 bits per heavy atom. The van der Waals surface area contributed by atoms with Crippen LogP contribution in [-0.2, 0) is 20.8 Å². The standard InChI is InChI=1S/C22H26N2O6/c1-9-4-5-15(25)17-11(9)6-10-7-13-14(24(2)3)8-12(21(23)29)19(27)22(13,30)20(28)16(10)18(17)26/h4-5,10,12-14,25-26,30H,6-8H2,1-3H3,(H2,23,29)/t10?,12?,13?,14-,22-/m1/s1. The fourth-order valence-corrected chi connectivity index (χ4v) is 5.61. The molecule has 3 unspecified atom stereocenters. The molecule has 1 amide bonds. The van der Waals surface area contributed by atoms with E-state index < -0.39 is 52.6 Å². The minimum atomic E-state index is -2.44. The molecule has 2 saturated carbocycles. The number of hydrogen-bond acceptors (Lipinski definition) is 7.